The molecule has 0 spiro atoms. The summed E-state index contributed by atoms with van der Waals surface area (Å²) in [7, 11) is 0. The first kappa shape index (κ1) is 7.79. The van der Waals surface area contributed by atoms with E-state index in [2.05, 4.69) is 15.1 Å². The lowest BCUT2D eigenvalue weighted by Gasteiger charge is -1.94. The molecule has 2 rings (SSSR count). The fourth-order valence-corrected chi connectivity index (χ4v) is 1.41. The SMILES string of the molecule is Cc1ccnc2[nH]cc(C=NO)c12. The van der Waals surface area contributed by atoms with E-state index in [1.54, 1.807) is 12.4 Å². The van der Waals surface area contributed by atoms with Gasteiger partial charge in [0.15, 0.2) is 0 Å². The molecule has 2 aromatic heterocycles. The maximum atomic E-state index is 8.42. The van der Waals surface area contributed by atoms with E-state index in [0.717, 1.165) is 22.2 Å². The molecule has 0 saturated carbocycles. The van der Waals surface area contributed by atoms with Crippen molar-refractivity contribution in [1.29, 1.82) is 0 Å². The highest BCUT2D eigenvalue weighted by Crippen LogP contribution is 2.18. The van der Waals surface area contributed by atoms with Crippen molar-refractivity contribution >= 4 is 17.2 Å². The van der Waals surface area contributed by atoms with Gasteiger partial charge in [-0.1, -0.05) is 5.16 Å². The van der Waals surface area contributed by atoms with Crippen molar-refractivity contribution in [3.05, 3.63) is 29.6 Å². The molecule has 0 aromatic carbocycles. The van der Waals surface area contributed by atoms with Crippen LogP contribution in [0.25, 0.3) is 11.0 Å². The van der Waals surface area contributed by atoms with Crippen molar-refractivity contribution in [2.75, 3.05) is 0 Å². The van der Waals surface area contributed by atoms with E-state index in [0.29, 0.717) is 0 Å². The Bertz CT molecular complexity index is 459. The quantitative estimate of drug-likeness (QED) is 0.393. The van der Waals surface area contributed by atoms with E-state index in [4.69, 9.17) is 5.21 Å². The van der Waals surface area contributed by atoms with Crippen molar-refractivity contribution in [1.82, 2.24) is 9.97 Å². The lowest BCUT2D eigenvalue weighted by molar-refractivity contribution is 0.322. The van der Waals surface area contributed by atoms with Crippen molar-refractivity contribution in [3.63, 3.8) is 0 Å². The molecule has 13 heavy (non-hydrogen) atoms. The predicted molar refractivity (Wildman–Crippen MR) is 50.2 cm³/mol. The van der Waals surface area contributed by atoms with Crippen LogP contribution in [0.5, 0.6) is 0 Å². The molecule has 2 aromatic rings. The van der Waals surface area contributed by atoms with Crippen LogP contribution < -0.4 is 0 Å². The standard InChI is InChI=1S/C9H9N3O/c1-6-2-3-10-9-8(6)7(4-11-9)5-12-13/h2-5,13H,1H3,(H,10,11). The number of rotatable bonds is 1. The molecular weight excluding hydrogens is 166 g/mol. The number of hydrogen-bond acceptors (Lipinski definition) is 3. The molecule has 4 heteroatoms. The first-order chi connectivity index (χ1) is 6.33. The maximum absolute atomic E-state index is 8.42. The maximum Gasteiger partial charge on any atom is 0.138 e. The number of nitrogens with zero attached hydrogens (tertiary/aromatic N) is 2. The Morgan fingerprint density at radius 3 is 3.23 bits per heavy atom. The van der Waals surface area contributed by atoms with Crippen LogP contribution in [-0.2, 0) is 0 Å². The average molecular weight is 175 g/mol. The summed E-state index contributed by atoms with van der Waals surface area (Å²) < 4.78 is 0. The second-order valence-electron chi connectivity index (χ2n) is 2.84. The summed E-state index contributed by atoms with van der Waals surface area (Å²) in [6.07, 6.45) is 4.91. The minimum absolute atomic E-state index is 0.815. The second-order valence-corrected chi connectivity index (χ2v) is 2.84. The minimum Gasteiger partial charge on any atom is -0.411 e. The summed E-state index contributed by atoms with van der Waals surface area (Å²) in [6.45, 7) is 1.99. The van der Waals surface area contributed by atoms with Gasteiger partial charge in [-0.15, -0.1) is 0 Å². The molecule has 4 nitrogen and oxygen atoms in total. The number of nitrogens with one attached hydrogen (secondary N) is 1. The summed E-state index contributed by atoms with van der Waals surface area (Å²) >= 11 is 0. The van der Waals surface area contributed by atoms with Crippen molar-refractivity contribution < 1.29 is 5.21 Å². The van der Waals surface area contributed by atoms with E-state index < -0.39 is 0 Å². The Kier molecular flexibility index (Phi) is 1.73. The molecule has 0 aliphatic carbocycles. The number of aryl methyl sites for hydroxylation is 1. The highest BCUT2D eigenvalue weighted by molar-refractivity contribution is 5.99. The number of aromatic nitrogens is 2. The largest absolute Gasteiger partial charge is 0.411 e. The zero-order valence-corrected chi connectivity index (χ0v) is 7.15. The Balaban J connectivity index is 2.78. The number of hydrogen-bond donors (Lipinski definition) is 2. The molecule has 0 radical (unpaired) electrons. The minimum atomic E-state index is 0.815. The Hall–Kier alpha value is -1.84. The van der Waals surface area contributed by atoms with Crippen LogP contribution in [-0.4, -0.2) is 21.4 Å². The third kappa shape index (κ3) is 1.16. The second kappa shape index (κ2) is 2.90. The van der Waals surface area contributed by atoms with E-state index in [-0.39, 0.29) is 0 Å². The third-order valence-corrected chi connectivity index (χ3v) is 2.01. The molecule has 0 aliphatic rings. The zero-order chi connectivity index (χ0) is 9.26. The van der Waals surface area contributed by atoms with Crippen LogP contribution in [0.4, 0.5) is 0 Å². The van der Waals surface area contributed by atoms with Gasteiger partial charge in [-0.2, -0.15) is 0 Å². The smallest absolute Gasteiger partial charge is 0.138 e. The van der Waals surface area contributed by atoms with Gasteiger partial charge in [-0.05, 0) is 18.6 Å². The third-order valence-electron chi connectivity index (χ3n) is 2.01. The van der Waals surface area contributed by atoms with Crippen molar-refractivity contribution in [2.24, 2.45) is 5.16 Å². The first-order valence-corrected chi connectivity index (χ1v) is 3.93. The van der Waals surface area contributed by atoms with Crippen LogP contribution in [0.3, 0.4) is 0 Å². The Morgan fingerprint density at radius 2 is 2.46 bits per heavy atom. The molecule has 2 N–H and O–H groups in total. The predicted octanol–water partition coefficient (Wildman–Crippen LogP) is 1.68. The highest BCUT2D eigenvalue weighted by Gasteiger charge is 2.04. The zero-order valence-electron chi connectivity index (χ0n) is 7.15. The van der Waals surface area contributed by atoms with Gasteiger partial charge < -0.3 is 10.2 Å². The first-order valence-electron chi connectivity index (χ1n) is 3.93. The van der Waals surface area contributed by atoms with Gasteiger partial charge in [0.25, 0.3) is 0 Å². The summed E-state index contributed by atoms with van der Waals surface area (Å²) in [5.41, 5.74) is 2.78. The molecule has 0 bridgehead atoms. The van der Waals surface area contributed by atoms with Crippen molar-refractivity contribution in [3.8, 4) is 0 Å². The fourth-order valence-electron chi connectivity index (χ4n) is 1.41. The molecule has 66 valence electrons. The lowest BCUT2D eigenvalue weighted by Crippen LogP contribution is -1.82. The highest BCUT2D eigenvalue weighted by atomic mass is 16.4. The van der Waals surface area contributed by atoms with Gasteiger partial charge in [-0.25, -0.2) is 4.98 Å². The molecule has 0 saturated heterocycles. The Morgan fingerprint density at radius 1 is 1.62 bits per heavy atom. The lowest BCUT2D eigenvalue weighted by atomic mass is 10.1. The topological polar surface area (TPSA) is 61.3 Å². The van der Waals surface area contributed by atoms with Gasteiger partial charge in [0.05, 0.1) is 6.21 Å². The van der Waals surface area contributed by atoms with Gasteiger partial charge in [0, 0.05) is 23.3 Å². The summed E-state index contributed by atoms with van der Waals surface area (Å²) in [5.74, 6) is 0. The number of aromatic amines is 1. The number of fused-ring (bicyclic) bond motifs is 1. The molecule has 0 unspecified atom stereocenters. The van der Waals surface area contributed by atoms with Crippen molar-refractivity contribution in [2.45, 2.75) is 6.92 Å². The van der Waals surface area contributed by atoms with Crippen LogP contribution in [0.2, 0.25) is 0 Å². The number of oxime groups is 1. The van der Waals surface area contributed by atoms with Crippen LogP contribution in [0, 0.1) is 6.92 Å². The van der Waals surface area contributed by atoms with E-state index in [1.807, 2.05) is 13.0 Å². The average Bonchev–Trinajstić information content (AvgIpc) is 2.51. The summed E-state index contributed by atoms with van der Waals surface area (Å²) in [6, 6.07) is 1.92. The molecule has 0 amide bonds. The van der Waals surface area contributed by atoms with Gasteiger partial charge >= 0.3 is 0 Å². The molecule has 2 heterocycles. The molecule has 0 atom stereocenters. The van der Waals surface area contributed by atoms with E-state index in [9.17, 15) is 0 Å². The monoisotopic (exact) mass is 175 g/mol. The molecular formula is C9H9N3O. The normalized spacial score (nSPS) is 11.5. The van der Waals surface area contributed by atoms with E-state index >= 15 is 0 Å². The number of H-pyrrole nitrogens is 1. The summed E-state index contributed by atoms with van der Waals surface area (Å²) in [4.78, 5) is 7.15. The van der Waals surface area contributed by atoms with Gasteiger partial charge in [0.1, 0.15) is 5.65 Å². The fraction of sp³-hybridized carbons (Fsp3) is 0.111. The summed E-state index contributed by atoms with van der Waals surface area (Å²) in [5, 5.41) is 12.4. The molecule has 0 aliphatic heterocycles. The van der Waals surface area contributed by atoms with Gasteiger partial charge in [-0.3, -0.25) is 0 Å². The molecule has 0 fully saturated rings. The van der Waals surface area contributed by atoms with Crippen LogP contribution in [0.1, 0.15) is 11.1 Å². The van der Waals surface area contributed by atoms with E-state index in [1.165, 1.54) is 6.21 Å². The van der Waals surface area contributed by atoms with Gasteiger partial charge in [0.2, 0.25) is 0 Å². The number of pyridine rings is 1. The van der Waals surface area contributed by atoms with Crippen LogP contribution in [0.15, 0.2) is 23.6 Å². The van der Waals surface area contributed by atoms with Crippen LogP contribution >= 0.6 is 0 Å². The Labute approximate surface area is 74.9 Å².